The number of ether oxygens (including phenoxy) is 1. The Morgan fingerprint density at radius 3 is 2.87 bits per heavy atom. The number of esters is 1. The third-order valence-corrected chi connectivity index (χ3v) is 2.26. The number of benzene rings is 1. The van der Waals surface area contributed by atoms with Gasteiger partial charge in [0.2, 0.25) is 6.41 Å². The maximum absolute atomic E-state index is 11.4. The van der Waals surface area contributed by atoms with E-state index in [1.54, 1.807) is 24.4 Å². The first-order chi connectivity index (χ1) is 7.27. The molecular formula is C11H9NO3. The van der Waals surface area contributed by atoms with E-state index < -0.39 is 5.97 Å². The van der Waals surface area contributed by atoms with Gasteiger partial charge in [-0.2, -0.15) is 0 Å². The van der Waals surface area contributed by atoms with E-state index in [9.17, 15) is 9.59 Å². The second-order valence-electron chi connectivity index (χ2n) is 3.06. The lowest BCUT2D eigenvalue weighted by Crippen LogP contribution is -2.04. The Bertz CT molecular complexity index is 528. The second-order valence-corrected chi connectivity index (χ2v) is 3.06. The maximum Gasteiger partial charge on any atom is 0.340 e. The van der Waals surface area contributed by atoms with Gasteiger partial charge in [-0.1, -0.05) is 12.1 Å². The molecule has 0 amide bonds. The van der Waals surface area contributed by atoms with Crippen LogP contribution in [0.4, 0.5) is 0 Å². The molecule has 15 heavy (non-hydrogen) atoms. The van der Waals surface area contributed by atoms with Gasteiger partial charge in [-0.05, 0) is 12.1 Å². The highest BCUT2D eigenvalue weighted by Crippen LogP contribution is 2.19. The number of methoxy groups -OCH3 is 1. The Hall–Kier alpha value is -2.10. The second kappa shape index (κ2) is 3.57. The van der Waals surface area contributed by atoms with Crippen LogP contribution in [0.15, 0.2) is 30.5 Å². The molecule has 1 aromatic carbocycles. The standard InChI is InChI=1S/C11H9NO3/c1-15-11(14)9-4-2-3-8-5-6-12(7-13)10(8)9/h2-7H,1H3. The maximum atomic E-state index is 11.4. The lowest BCUT2D eigenvalue weighted by molar-refractivity contribution is 0.0602. The van der Waals surface area contributed by atoms with Crippen LogP contribution >= 0.6 is 0 Å². The molecule has 2 aromatic rings. The fraction of sp³-hybridized carbons (Fsp3) is 0.0909. The summed E-state index contributed by atoms with van der Waals surface area (Å²) in [6, 6.07) is 7.00. The number of hydrogen-bond donors (Lipinski definition) is 0. The molecule has 0 aliphatic heterocycles. The lowest BCUT2D eigenvalue weighted by Gasteiger charge is -2.02. The summed E-state index contributed by atoms with van der Waals surface area (Å²) in [5.41, 5.74) is 0.978. The summed E-state index contributed by atoms with van der Waals surface area (Å²) in [6.07, 6.45) is 2.28. The minimum Gasteiger partial charge on any atom is -0.465 e. The average molecular weight is 203 g/mol. The van der Waals surface area contributed by atoms with Crippen LogP contribution in [0.2, 0.25) is 0 Å². The van der Waals surface area contributed by atoms with Crippen molar-refractivity contribution in [3.05, 3.63) is 36.0 Å². The van der Waals surface area contributed by atoms with Crippen LogP contribution in [-0.2, 0) is 9.53 Å². The van der Waals surface area contributed by atoms with Gasteiger partial charge in [-0.25, -0.2) is 4.79 Å². The molecule has 1 aromatic heterocycles. The van der Waals surface area contributed by atoms with Gasteiger partial charge in [-0.3, -0.25) is 9.36 Å². The molecule has 4 heteroatoms. The largest absolute Gasteiger partial charge is 0.465 e. The van der Waals surface area contributed by atoms with Crippen LogP contribution in [0.5, 0.6) is 0 Å². The number of carbonyl (C=O) groups is 2. The molecule has 0 saturated carbocycles. The summed E-state index contributed by atoms with van der Waals surface area (Å²) in [4.78, 5) is 22.2. The van der Waals surface area contributed by atoms with E-state index in [0.29, 0.717) is 17.5 Å². The van der Waals surface area contributed by atoms with E-state index in [-0.39, 0.29) is 0 Å². The van der Waals surface area contributed by atoms with Crippen molar-refractivity contribution in [3.8, 4) is 0 Å². The fourth-order valence-corrected chi connectivity index (χ4v) is 1.58. The molecule has 0 radical (unpaired) electrons. The summed E-state index contributed by atoms with van der Waals surface area (Å²) in [5, 5.41) is 0.838. The average Bonchev–Trinajstić information content (AvgIpc) is 2.70. The van der Waals surface area contributed by atoms with Crippen molar-refractivity contribution in [2.45, 2.75) is 0 Å². The molecule has 0 unspecified atom stereocenters. The Balaban J connectivity index is 2.77. The Kier molecular flexibility index (Phi) is 2.25. The van der Waals surface area contributed by atoms with Crippen molar-refractivity contribution in [2.75, 3.05) is 7.11 Å². The number of carbonyl (C=O) groups excluding carboxylic acids is 2. The summed E-state index contributed by atoms with van der Waals surface area (Å²) in [7, 11) is 1.31. The number of nitrogens with zero attached hydrogens (tertiary/aromatic N) is 1. The van der Waals surface area contributed by atoms with E-state index in [4.69, 9.17) is 0 Å². The smallest absolute Gasteiger partial charge is 0.340 e. The summed E-state index contributed by atoms with van der Waals surface area (Å²) in [5.74, 6) is -0.442. The minimum absolute atomic E-state index is 0.395. The summed E-state index contributed by atoms with van der Waals surface area (Å²) < 4.78 is 6.01. The van der Waals surface area contributed by atoms with Crippen molar-refractivity contribution in [3.63, 3.8) is 0 Å². The van der Waals surface area contributed by atoms with Crippen molar-refractivity contribution < 1.29 is 14.3 Å². The number of aromatic nitrogens is 1. The van der Waals surface area contributed by atoms with Crippen molar-refractivity contribution in [2.24, 2.45) is 0 Å². The first-order valence-electron chi connectivity index (χ1n) is 4.41. The van der Waals surface area contributed by atoms with Crippen molar-refractivity contribution >= 4 is 23.3 Å². The van der Waals surface area contributed by atoms with E-state index in [2.05, 4.69) is 4.74 Å². The number of rotatable bonds is 2. The number of para-hydroxylation sites is 1. The van der Waals surface area contributed by atoms with Crippen LogP contribution in [0, 0.1) is 0 Å². The van der Waals surface area contributed by atoms with Crippen LogP contribution < -0.4 is 0 Å². The summed E-state index contributed by atoms with van der Waals surface area (Å²) in [6.45, 7) is 0. The Morgan fingerprint density at radius 1 is 1.40 bits per heavy atom. The third-order valence-electron chi connectivity index (χ3n) is 2.26. The highest BCUT2D eigenvalue weighted by molar-refractivity contribution is 6.04. The van der Waals surface area contributed by atoms with Gasteiger partial charge >= 0.3 is 5.97 Å². The molecule has 2 rings (SSSR count). The van der Waals surface area contributed by atoms with Gasteiger partial charge < -0.3 is 4.74 Å². The monoisotopic (exact) mass is 203 g/mol. The molecule has 4 nitrogen and oxygen atoms in total. The molecule has 0 aliphatic rings. The minimum atomic E-state index is -0.442. The Labute approximate surface area is 86.1 Å². The van der Waals surface area contributed by atoms with Crippen LogP contribution in [0.25, 0.3) is 10.9 Å². The first kappa shape index (κ1) is 9.45. The predicted molar refractivity (Wildman–Crippen MR) is 55.4 cm³/mol. The molecule has 0 aliphatic carbocycles. The molecule has 0 saturated heterocycles. The first-order valence-corrected chi connectivity index (χ1v) is 4.41. The molecule has 0 atom stereocenters. The van der Waals surface area contributed by atoms with E-state index in [0.717, 1.165) is 5.39 Å². The van der Waals surface area contributed by atoms with Crippen LogP contribution in [0.3, 0.4) is 0 Å². The van der Waals surface area contributed by atoms with Gasteiger partial charge in [0.15, 0.2) is 0 Å². The van der Waals surface area contributed by atoms with Crippen LogP contribution in [-0.4, -0.2) is 24.1 Å². The van der Waals surface area contributed by atoms with Crippen molar-refractivity contribution in [1.82, 2.24) is 4.57 Å². The Morgan fingerprint density at radius 2 is 2.20 bits per heavy atom. The zero-order valence-corrected chi connectivity index (χ0v) is 8.14. The zero-order valence-electron chi connectivity index (χ0n) is 8.14. The molecule has 0 N–H and O–H groups in total. The van der Waals surface area contributed by atoms with Crippen LogP contribution in [0.1, 0.15) is 10.4 Å². The molecule has 0 spiro atoms. The van der Waals surface area contributed by atoms with Gasteiger partial charge in [0.25, 0.3) is 0 Å². The highest BCUT2D eigenvalue weighted by atomic mass is 16.5. The van der Waals surface area contributed by atoms with E-state index in [1.807, 2.05) is 6.07 Å². The van der Waals surface area contributed by atoms with Gasteiger partial charge in [-0.15, -0.1) is 0 Å². The molecule has 76 valence electrons. The molecular weight excluding hydrogens is 194 g/mol. The van der Waals surface area contributed by atoms with E-state index >= 15 is 0 Å². The van der Waals surface area contributed by atoms with Crippen molar-refractivity contribution in [1.29, 1.82) is 0 Å². The fourth-order valence-electron chi connectivity index (χ4n) is 1.58. The lowest BCUT2D eigenvalue weighted by atomic mass is 10.1. The number of fused-ring (bicyclic) bond motifs is 1. The molecule has 0 bridgehead atoms. The normalized spacial score (nSPS) is 10.2. The molecule has 0 fully saturated rings. The van der Waals surface area contributed by atoms with Gasteiger partial charge in [0, 0.05) is 11.6 Å². The zero-order chi connectivity index (χ0) is 10.8. The summed E-state index contributed by atoms with van der Waals surface area (Å²) >= 11 is 0. The SMILES string of the molecule is COC(=O)c1cccc2ccn(C=O)c12. The highest BCUT2D eigenvalue weighted by Gasteiger charge is 2.12. The van der Waals surface area contributed by atoms with Gasteiger partial charge in [0.1, 0.15) is 0 Å². The number of hydrogen-bond acceptors (Lipinski definition) is 3. The molecule has 1 heterocycles. The predicted octanol–water partition coefficient (Wildman–Crippen LogP) is 1.47. The quantitative estimate of drug-likeness (QED) is 0.548. The third kappa shape index (κ3) is 1.40. The van der Waals surface area contributed by atoms with E-state index in [1.165, 1.54) is 11.7 Å². The topological polar surface area (TPSA) is 48.3 Å². The van der Waals surface area contributed by atoms with Gasteiger partial charge in [0.05, 0.1) is 18.2 Å².